The summed E-state index contributed by atoms with van der Waals surface area (Å²) in [5.74, 6) is -0.222. The third-order valence-corrected chi connectivity index (χ3v) is 2.47. The lowest BCUT2D eigenvalue weighted by Gasteiger charge is -2.19. The second-order valence-electron chi connectivity index (χ2n) is 4.53. The van der Waals surface area contributed by atoms with Crippen LogP contribution in [0.2, 0.25) is 0 Å². The van der Waals surface area contributed by atoms with Crippen LogP contribution in [0.15, 0.2) is 5.38 Å². The first-order chi connectivity index (χ1) is 7.78. The zero-order valence-electron chi connectivity index (χ0n) is 10.4. The summed E-state index contributed by atoms with van der Waals surface area (Å²) in [5, 5.41) is 4.90. The maximum atomic E-state index is 11.6. The van der Waals surface area contributed by atoms with E-state index in [2.05, 4.69) is 10.3 Å². The quantitative estimate of drug-likeness (QED) is 0.841. The third-order valence-electron chi connectivity index (χ3n) is 1.70. The number of carbonyl (C=O) groups is 2. The molecule has 1 N–H and O–H groups in total. The number of carbonyl (C=O) groups excluding carboxylic acids is 2. The molecule has 94 valence electrons. The first kappa shape index (κ1) is 13.6. The number of ether oxygens (including phenoxy) is 1. The van der Waals surface area contributed by atoms with Crippen LogP contribution in [0.25, 0.3) is 0 Å². The van der Waals surface area contributed by atoms with Crippen molar-refractivity contribution in [2.45, 2.75) is 33.3 Å². The molecule has 0 fully saturated rings. The molecule has 0 saturated carbocycles. The van der Waals surface area contributed by atoms with E-state index < -0.39 is 11.7 Å². The monoisotopic (exact) mass is 256 g/mol. The number of alkyl carbamates (subject to hydrolysis) is 1. The van der Waals surface area contributed by atoms with Crippen LogP contribution in [0.5, 0.6) is 0 Å². The van der Waals surface area contributed by atoms with Gasteiger partial charge >= 0.3 is 6.09 Å². The van der Waals surface area contributed by atoms with Gasteiger partial charge in [-0.3, -0.25) is 4.79 Å². The Balaban J connectivity index is 2.41. The van der Waals surface area contributed by atoms with Crippen LogP contribution in [0.4, 0.5) is 4.79 Å². The van der Waals surface area contributed by atoms with Gasteiger partial charge in [0, 0.05) is 5.38 Å². The molecule has 1 aromatic heterocycles. The molecule has 5 nitrogen and oxygen atoms in total. The molecule has 0 aliphatic rings. The molecule has 1 amide bonds. The normalized spacial score (nSPS) is 11.1. The van der Waals surface area contributed by atoms with Crippen LogP contribution in [0, 0.1) is 6.92 Å². The number of nitrogens with zero attached hydrogens (tertiary/aromatic N) is 1. The Morgan fingerprint density at radius 3 is 2.59 bits per heavy atom. The lowest BCUT2D eigenvalue weighted by Crippen LogP contribution is -2.35. The van der Waals surface area contributed by atoms with Crippen molar-refractivity contribution in [2.75, 3.05) is 6.54 Å². The van der Waals surface area contributed by atoms with Crippen molar-refractivity contribution in [1.29, 1.82) is 0 Å². The third kappa shape index (κ3) is 4.95. The van der Waals surface area contributed by atoms with E-state index >= 15 is 0 Å². The van der Waals surface area contributed by atoms with Gasteiger partial charge in [-0.1, -0.05) is 0 Å². The van der Waals surface area contributed by atoms with Gasteiger partial charge in [0.2, 0.25) is 5.78 Å². The summed E-state index contributed by atoms with van der Waals surface area (Å²) in [7, 11) is 0. The molecule has 1 aromatic rings. The highest BCUT2D eigenvalue weighted by Crippen LogP contribution is 2.09. The Hall–Kier alpha value is -1.43. The molecule has 1 heterocycles. The largest absolute Gasteiger partial charge is 0.444 e. The number of hydrogen-bond acceptors (Lipinski definition) is 5. The van der Waals surface area contributed by atoms with Gasteiger partial charge in [0.25, 0.3) is 0 Å². The molecule has 0 saturated heterocycles. The molecular formula is C11H16N2O3S. The maximum absolute atomic E-state index is 11.6. The lowest BCUT2D eigenvalue weighted by molar-refractivity contribution is 0.0520. The Labute approximate surface area is 104 Å². The molecule has 6 heteroatoms. The highest BCUT2D eigenvalue weighted by atomic mass is 32.1. The number of nitrogens with one attached hydrogen (secondary N) is 1. The highest BCUT2D eigenvalue weighted by molar-refractivity contribution is 7.09. The predicted molar refractivity (Wildman–Crippen MR) is 65.4 cm³/mol. The molecule has 0 bridgehead atoms. The van der Waals surface area contributed by atoms with Gasteiger partial charge in [0.15, 0.2) is 0 Å². The van der Waals surface area contributed by atoms with Crippen LogP contribution in [0.1, 0.15) is 36.3 Å². The summed E-state index contributed by atoms with van der Waals surface area (Å²) >= 11 is 1.40. The molecule has 0 aliphatic heterocycles. The van der Waals surface area contributed by atoms with Crippen LogP contribution in [0.3, 0.4) is 0 Å². The number of amides is 1. The van der Waals surface area contributed by atoms with Gasteiger partial charge in [0.05, 0.1) is 11.6 Å². The van der Waals surface area contributed by atoms with Crippen molar-refractivity contribution < 1.29 is 14.3 Å². The number of Topliss-reactive ketones (excluding diaryl/α,β-unsaturated/α-hetero) is 1. The molecule has 0 atom stereocenters. The molecule has 0 unspecified atom stereocenters. The molecular weight excluding hydrogens is 240 g/mol. The fraction of sp³-hybridized carbons (Fsp3) is 0.545. The minimum Gasteiger partial charge on any atom is -0.444 e. The number of ketones is 1. The molecule has 1 rings (SSSR count). The average molecular weight is 256 g/mol. The van der Waals surface area contributed by atoms with E-state index in [9.17, 15) is 9.59 Å². The lowest BCUT2D eigenvalue weighted by atomic mass is 10.2. The van der Waals surface area contributed by atoms with Crippen LogP contribution < -0.4 is 5.32 Å². The van der Waals surface area contributed by atoms with E-state index in [4.69, 9.17) is 4.74 Å². The molecule has 0 radical (unpaired) electrons. The summed E-state index contributed by atoms with van der Waals surface area (Å²) < 4.78 is 5.01. The smallest absolute Gasteiger partial charge is 0.408 e. The second kappa shape index (κ2) is 5.27. The molecule has 0 aromatic carbocycles. The maximum Gasteiger partial charge on any atom is 0.408 e. The SMILES string of the molecule is Cc1nc(C(=O)CNC(=O)OC(C)(C)C)cs1. The molecule has 17 heavy (non-hydrogen) atoms. The average Bonchev–Trinajstić information content (AvgIpc) is 2.58. The predicted octanol–water partition coefficient (Wildman–Crippen LogP) is 2.16. The van der Waals surface area contributed by atoms with Gasteiger partial charge < -0.3 is 10.1 Å². The van der Waals surface area contributed by atoms with Crippen molar-refractivity contribution in [3.05, 3.63) is 16.1 Å². The zero-order chi connectivity index (χ0) is 13.1. The Morgan fingerprint density at radius 2 is 2.12 bits per heavy atom. The van der Waals surface area contributed by atoms with Crippen LogP contribution in [-0.2, 0) is 4.74 Å². The second-order valence-corrected chi connectivity index (χ2v) is 5.59. The van der Waals surface area contributed by atoms with E-state index in [0.29, 0.717) is 5.69 Å². The van der Waals surface area contributed by atoms with Gasteiger partial charge in [-0.25, -0.2) is 9.78 Å². The first-order valence-electron chi connectivity index (χ1n) is 5.20. The summed E-state index contributed by atoms with van der Waals surface area (Å²) in [6.07, 6.45) is -0.599. The van der Waals surface area contributed by atoms with Crippen LogP contribution in [-0.4, -0.2) is 29.0 Å². The highest BCUT2D eigenvalue weighted by Gasteiger charge is 2.17. The minimum absolute atomic E-state index is 0.0991. The Kier molecular flexibility index (Phi) is 4.22. The van der Waals surface area contributed by atoms with E-state index in [1.165, 1.54) is 11.3 Å². The number of hydrogen-bond donors (Lipinski definition) is 1. The summed E-state index contributed by atoms with van der Waals surface area (Å²) in [4.78, 5) is 26.9. The van der Waals surface area contributed by atoms with Gasteiger partial charge in [0.1, 0.15) is 11.3 Å². The van der Waals surface area contributed by atoms with Crippen molar-refractivity contribution in [3.8, 4) is 0 Å². The number of aryl methyl sites for hydroxylation is 1. The van der Waals surface area contributed by atoms with Crippen molar-refractivity contribution >= 4 is 23.2 Å². The van der Waals surface area contributed by atoms with Gasteiger partial charge in [-0.15, -0.1) is 11.3 Å². The van der Waals surface area contributed by atoms with E-state index in [1.807, 2.05) is 6.92 Å². The van der Waals surface area contributed by atoms with Crippen molar-refractivity contribution in [1.82, 2.24) is 10.3 Å². The topological polar surface area (TPSA) is 68.3 Å². The minimum atomic E-state index is -0.599. The number of aromatic nitrogens is 1. The fourth-order valence-corrected chi connectivity index (χ4v) is 1.67. The standard InChI is InChI=1S/C11H16N2O3S/c1-7-13-8(6-17-7)9(14)5-12-10(15)16-11(2,3)4/h6H,5H2,1-4H3,(H,12,15). The van der Waals surface area contributed by atoms with E-state index in [1.54, 1.807) is 26.2 Å². The number of thiazole rings is 1. The summed E-state index contributed by atoms with van der Waals surface area (Å²) in [6.45, 7) is 7.01. The summed E-state index contributed by atoms with van der Waals surface area (Å²) in [6, 6.07) is 0. The van der Waals surface area contributed by atoms with Gasteiger partial charge in [-0.05, 0) is 27.7 Å². The number of rotatable bonds is 3. The van der Waals surface area contributed by atoms with E-state index in [-0.39, 0.29) is 12.3 Å². The zero-order valence-corrected chi connectivity index (χ0v) is 11.2. The van der Waals surface area contributed by atoms with Crippen molar-refractivity contribution in [3.63, 3.8) is 0 Å². The Bertz CT molecular complexity index is 421. The Morgan fingerprint density at radius 1 is 1.47 bits per heavy atom. The molecule has 0 aliphatic carbocycles. The van der Waals surface area contributed by atoms with E-state index in [0.717, 1.165) is 5.01 Å². The van der Waals surface area contributed by atoms with Crippen molar-refractivity contribution in [2.24, 2.45) is 0 Å². The summed E-state index contributed by atoms with van der Waals surface area (Å²) in [5.41, 5.74) is -0.187. The molecule has 0 spiro atoms. The first-order valence-corrected chi connectivity index (χ1v) is 6.08. The van der Waals surface area contributed by atoms with Gasteiger partial charge in [-0.2, -0.15) is 0 Å². The van der Waals surface area contributed by atoms with Crippen LogP contribution >= 0.6 is 11.3 Å². The fourth-order valence-electron chi connectivity index (χ4n) is 1.05.